The normalized spacial score (nSPS) is 10.2. The van der Waals surface area contributed by atoms with Crippen LogP contribution in [0.3, 0.4) is 0 Å². The Morgan fingerprint density at radius 1 is 1.37 bits per heavy atom. The smallest absolute Gasteiger partial charge is 0.142 e. The number of ether oxygens (including phenoxy) is 1. The summed E-state index contributed by atoms with van der Waals surface area (Å²) in [5.41, 5.74) is 1.99. The summed E-state index contributed by atoms with van der Waals surface area (Å²) < 4.78 is 5.75. The largest absolute Gasteiger partial charge is 0.491 e. The summed E-state index contributed by atoms with van der Waals surface area (Å²) in [5.74, 6) is 7.36. The summed E-state index contributed by atoms with van der Waals surface area (Å²) in [7, 11) is 0. The van der Waals surface area contributed by atoms with E-state index in [0.29, 0.717) is 12.5 Å². The predicted octanol–water partition coefficient (Wildman–Crippen LogP) is 2.93. The van der Waals surface area contributed by atoms with E-state index < -0.39 is 0 Å². The van der Waals surface area contributed by atoms with Crippen LogP contribution in [-0.4, -0.2) is 18.1 Å². The van der Waals surface area contributed by atoms with Gasteiger partial charge < -0.3 is 10.1 Å². The first-order chi connectivity index (χ1) is 9.13. The van der Waals surface area contributed by atoms with E-state index >= 15 is 0 Å². The molecule has 0 amide bonds. The van der Waals surface area contributed by atoms with Gasteiger partial charge in [-0.2, -0.15) is 0 Å². The Kier molecular flexibility index (Phi) is 6.99. The number of hydrogen-bond acceptors (Lipinski definition) is 3. The quantitative estimate of drug-likeness (QED) is 0.604. The van der Waals surface area contributed by atoms with E-state index in [-0.39, 0.29) is 0 Å². The van der Waals surface area contributed by atoms with E-state index in [1.807, 2.05) is 26.0 Å². The van der Waals surface area contributed by atoms with E-state index in [9.17, 15) is 0 Å². The zero-order valence-electron chi connectivity index (χ0n) is 12.4. The van der Waals surface area contributed by atoms with Crippen molar-refractivity contribution >= 4 is 0 Å². The van der Waals surface area contributed by atoms with Crippen LogP contribution in [0, 0.1) is 24.7 Å². The minimum absolute atomic E-state index is 0.614. The Balaban J connectivity index is 2.59. The van der Waals surface area contributed by atoms with Crippen LogP contribution in [0.4, 0.5) is 0 Å². The summed E-state index contributed by atoms with van der Waals surface area (Å²) in [5, 5.41) is 3.40. The lowest BCUT2D eigenvalue weighted by Crippen LogP contribution is -2.20. The molecular weight excluding hydrogens is 236 g/mol. The summed E-state index contributed by atoms with van der Waals surface area (Å²) in [6.45, 7) is 10.6. The predicted molar refractivity (Wildman–Crippen MR) is 79.1 cm³/mol. The maximum absolute atomic E-state index is 5.75. The van der Waals surface area contributed by atoms with Crippen LogP contribution in [0.1, 0.15) is 38.6 Å². The van der Waals surface area contributed by atoms with E-state index in [1.165, 1.54) is 0 Å². The van der Waals surface area contributed by atoms with Crippen molar-refractivity contribution in [1.82, 2.24) is 10.3 Å². The number of nitrogens with one attached hydrogen (secondary N) is 1. The third kappa shape index (κ3) is 6.26. The third-order valence-corrected chi connectivity index (χ3v) is 2.58. The van der Waals surface area contributed by atoms with Gasteiger partial charge in [0, 0.05) is 18.7 Å². The van der Waals surface area contributed by atoms with E-state index in [0.717, 1.165) is 36.6 Å². The Hall–Kier alpha value is -1.53. The molecular formula is C16H24N2O. The molecule has 0 bridgehead atoms. The summed E-state index contributed by atoms with van der Waals surface area (Å²) in [4.78, 5) is 4.55. The molecule has 1 aromatic heterocycles. The molecule has 3 heteroatoms. The fourth-order valence-electron chi connectivity index (χ4n) is 1.67. The van der Waals surface area contributed by atoms with Crippen LogP contribution in [0.2, 0.25) is 0 Å². The number of rotatable bonds is 7. The standard InChI is InChI=1S/C16H24N2O/c1-5-6-7-10-19-16-9-8-14(4)18-15(16)12-17-11-13(2)3/h8-9,13,17H,7,10-12H2,1-4H3. The lowest BCUT2D eigenvalue weighted by molar-refractivity contribution is 0.320. The van der Waals surface area contributed by atoms with Crippen LogP contribution in [-0.2, 0) is 6.54 Å². The molecule has 0 aliphatic rings. The van der Waals surface area contributed by atoms with Crippen LogP contribution in [0.25, 0.3) is 0 Å². The van der Waals surface area contributed by atoms with Gasteiger partial charge >= 0.3 is 0 Å². The van der Waals surface area contributed by atoms with Crippen LogP contribution in [0.15, 0.2) is 12.1 Å². The minimum Gasteiger partial charge on any atom is -0.491 e. The number of pyridine rings is 1. The average Bonchev–Trinajstić information content (AvgIpc) is 2.36. The number of aryl methyl sites for hydroxylation is 1. The first kappa shape index (κ1) is 15.5. The van der Waals surface area contributed by atoms with Gasteiger partial charge in [-0.25, -0.2) is 0 Å². The molecule has 1 N–H and O–H groups in total. The lowest BCUT2D eigenvalue weighted by Gasteiger charge is -2.12. The highest BCUT2D eigenvalue weighted by Crippen LogP contribution is 2.17. The molecule has 19 heavy (non-hydrogen) atoms. The molecule has 0 unspecified atom stereocenters. The number of aromatic nitrogens is 1. The Morgan fingerprint density at radius 3 is 2.84 bits per heavy atom. The zero-order chi connectivity index (χ0) is 14.1. The molecule has 0 aromatic carbocycles. The molecule has 1 heterocycles. The van der Waals surface area contributed by atoms with Gasteiger partial charge in [0.25, 0.3) is 0 Å². The zero-order valence-corrected chi connectivity index (χ0v) is 12.4. The van der Waals surface area contributed by atoms with Gasteiger partial charge in [0.15, 0.2) is 0 Å². The molecule has 104 valence electrons. The molecule has 0 aliphatic carbocycles. The van der Waals surface area contributed by atoms with Crippen LogP contribution < -0.4 is 10.1 Å². The first-order valence-electron chi connectivity index (χ1n) is 6.83. The van der Waals surface area contributed by atoms with Gasteiger partial charge in [0.2, 0.25) is 0 Å². The average molecular weight is 260 g/mol. The molecule has 0 saturated carbocycles. The van der Waals surface area contributed by atoms with Crippen molar-refractivity contribution < 1.29 is 4.74 Å². The van der Waals surface area contributed by atoms with Crippen molar-refractivity contribution in [3.05, 3.63) is 23.5 Å². The summed E-state index contributed by atoms with van der Waals surface area (Å²) in [6, 6.07) is 3.97. The highest BCUT2D eigenvalue weighted by Gasteiger charge is 2.06. The van der Waals surface area contributed by atoms with Crippen molar-refractivity contribution in [2.45, 2.75) is 40.7 Å². The van der Waals surface area contributed by atoms with Crippen molar-refractivity contribution in [1.29, 1.82) is 0 Å². The van der Waals surface area contributed by atoms with Crippen molar-refractivity contribution in [3.8, 4) is 17.6 Å². The van der Waals surface area contributed by atoms with Gasteiger partial charge in [-0.05, 0) is 38.4 Å². The fraction of sp³-hybridized carbons (Fsp3) is 0.562. The monoisotopic (exact) mass is 260 g/mol. The van der Waals surface area contributed by atoms with Crippen molar-refractivity contribution in [3.63, 3.8) is 0 Å². The molecule has 0 aliphatic heterocycles. The summed E-state index contributed by atoms with van der Waals surface area (Å²) in [6.07, 6.45) is 0.753. The Morgan fingerprint density at radius 2 is 2.16 bits per heavy atom. The highest BCUT2D eigenvalue weighted by molar-refractivity contribution is 5.29. The second-order valence-corrected chi connectivity index (χ2v) is 4.95. The third-order valence-electron chi connectivity index (χ3n) is 2.58. The van der Waals surface area contributed by atoms with Gasteiger partial charge in [0.05, 0.1) is 12.3 Å². The van der Waals surface area contributed by atoms with Gasteiger partial charge in [-0.1, -0.05) is 13.8 Å². The summed E-state index contributed by atoms with van der Waals surface area (Å²) >= 11 is 0. The Bertz CT molecular complexity index is 444. The molecule has 3 nitrogen and oxygen atoms in total. The number of hydrogen-bond donors (Lipinski definition) is 1. The van der Waals surface area contributed by atoms with Crippen molar-refractivity contribution in [2.75, 3.05) is 13.2 Å². The lowest BCUT2D eigenvalue weighted by atomic mass is 10.2. The second kappa shape index (κ2) is 8.55. The minimum atomic E-state index is 0.614. The molecule has 0 radical (unpaired) electrons. The first-order valence-corrected chi connectivity index (χ1v) is 6.83. The maximum Gasteiger partial charge on any atom is 0.142 e. The van der Waals surface area contributed by atoms with E-state index in [1.54, 1.807) is 0 Å². The molecule has 1 aromatic rings. The highest BCUT2D eigenvalue weighted by atomic mass is 16.5. The molecule has 0 spiro atoms. The Labute approximate surface area is 116 Å². The topological polar surface area (TPSA) is 34.1 Å². The SMILES string of the molecule is CC#CCCOc1ccc(C)nc1CNCC(C)C. The molecule has 0 saturated heterocycles. The van der Waals surface area contributed by atoms with E-state index in [2.05, 4.69) is 36.0 Å². The second-order valence-electron chi connectivity index (χ2n) is 4.95. The van der Waals surface area contributed by atoms with Gasteiger partial charge in [-0.15, -0.1) is 11.8 Å². The fourth-order valence-corrected chi connectivity index (χ4v) is 1.67. The molecule has 0 atom stereocenters. The van der Waals surface area contributed by atoms with Gasteiger partial charge in [-0.3, -0.25) is 4.98 Å². The van der Waals surface area contributed by atoms with Crippen LogP contribution in [0.5, 0.6) is 5.75 Å². The molecule has 0 fully saturated rings. The molecule has 1 rings (SSSR count). The van der Waals surface area contributed by atoms with E-state index in [4.69, 9.17) is 4.74 Å². The van der Waals surface area contributed by atoms with Gasteiger partial charge in [0.1, 0.15) is 5.75 Å². The van der Waals surface area contributed by atoms with Crippen LogP contribution >= 0.6 is 0 Å². The van der Waals surface area contributed by atoms with Crippen molar-refractivity contribution in [2.24, 2.45) is 5.92 Å². The maximum atomic E-state index is 5.75. The number of nitrogens with zero attached hydrogens (tertiary/aromatic N) is 1.